The van der Waals surface area contributed by atoms with E-state index in [1.165, 1.54) is 6.42 Å². The van der Waals surface area contributed by atoms with Gasteiger partial charge in [-0.05, 0) is 43.2 Å². The number of nitrogens with two attached hydrogens (primary N) is 1. The molecule has 19 heavy (non-hydrogen) atoms. The van der Waals surface area contributed by atoms with Crippen LogP contribution in [0.1, 0.15) is 38.7 Å². The summed E-state index contributed by atoms with van der Waals surface area (Å²) in [5.74, 6) is 0.538. The largest absolute Gasteiger partial charge is 0.369 e. The fourth-order valence-electron chi connectivity index (χ4n) is 2.90. The number of hydrogen-bond acceptors (Lipinski definition) is 2. The third-order valence-electron chi connectivity index (χ3n) is 4.05. The monoisotopic (exact) mass is 264 g/mol. The van der Waals surface area contributed by atoms with Crippen molar-refractivity contribution in [3.05, 3.63) is 29.6 Å². The zero-order chi connectivity index (χ0) is 13.8. The van der Waals surface area contributed by atoms with Crippen LogP contribution in [-0.4, -0.2) is 19.1 Å². The van der Waals surface area contributed by atoms with Crippen molar-refractivity contribution in [2.24, 2.45) is 11.7 Å². The molecule has 1 fully saturated rings. The molecular weight excluding hydrogens is 239 g/mol. The predicted octanol–water partition coefficient (Wildman–Crippen LogP) is 3.34. The van der Waals surface area contributed by atoms with E-state index in [1.807, 2.05) is 6.07 Å². The quantitative estimate of drug-likeness (QED) is 0.903. The van der Waals surface area contributed by atoms with E-state index in [0.29, 0.717) is 5.92 Å². The number of anilines is 1. The van der Waals surface area contributed by atoms with Gasteiger partial charge in [-0.15, -0.1) is 0 Å². The molecule has 2 atom stereocenters. The second-order valence-corrected chi connectivity index (χ2v) is 5.81. The van der Waals surface area contributed by atoms with Gasteiger partial charge in [0.15, 0.2) is 0 Å². The van der Waals surface area contributed by atoms with Gasteiger partial charge in [-0.25, -0.2) is 4.39 Å². The van der Waals surface area contributed by atoms with Crippen molar-refractivity contribution in [2.75, 3.05) is 18.0 Å². The number of hydrogen-bond donors (Lipinski definition) is 1. The molecule has 1 aromatic rings. The van der Waals surface area contributed by atoms with Crippen LogP contribution in [0.15, 0.2) is 18.2 Å². The van der Waals surface area contributed by atoms with Crippen molar-refractivity contribution in [3.8, 4) is 0 Å². The van der Waals surface area contributed by atoms with E-state index >= 15 is 0 Å². The van der Waals surface area contributed by atoms with Crippen molar-refractivity contribution >= 4 is 5.69 Å². The first kappa shape index (κ1) is 14.3. The minimum absolute atomic E-state index is 0.102. The van der Waals surface area contributed by atoms with Crippen molar-refractivity contribution in [1.29, 1.82) is 0 Å². The predicted molar refractivity (Wildman–Crippen MR) is 79.0 cm³/mol. The van der Waals surface area contributed by atoms with E-state index in [9.17, 15) is 4.39 Å². The summed E-state index contributed by atoms with van der Waals surface area (Å²) < 4.78 is 14.2. The van der Waals surface area contributed by atoms with Gasteiger partial charge in [-0.3, -0.25) is 0 Å². The van der Waals surface area contributed by atoms with Gasteiger partial charge in [-0.1, -0.05) is 26.0 Å². The van der Waals surface area contributed by atoms with Gasteiger partial charge >= 0.3 is 0 Å². The molecule has 3 heteroatoms. The summed E-state index contributed by atoms with van der Waals surface area (Å²) >= 11 is 0. The van der Waals surface area contributed by atoms with Crippen LogP contribution >= 0.6 is 0 Å². The third kappa shape index (κ3) is 3.47. The maximum absolute atomic E-state index is 14.2. The molecule has 0 saturated carbocycles. The Morgan fingerprint density at radius 1 is 1.47 bits per heavy atom. The maximum atomic E-state index is 14.2. The second-order valence-electron chi connectivity index (χ2n) is 5.81. The average Bonchev–Trinajstić information content (AvgIpc) is 2.38. The molecule has 0 aromatic heterocycles. The Morgan fingerprint density at radius 3 is 2.95 bits per heavy atom. The summed E-state index contributed by atoms with van der Waals surface area (Å²) in [5.41, 5.74) is 7.89. The molecule has 2 N–H and O–H groups in total. The van der Waals surface area contributed by atoms with Crippen LogP contribution in [0.2, 0.25) is 0 Å². The van der Waals surface area contributed by atoms with Crippen LogP contribution in [0, 0.1) is 11.7 Å². The van der Waals surface area contributed by atoms with Crippen LogP contribution in [-0.2, 0) is 6.42 Å². The highest BCUT2D eigenvalue weighted by Crippen LogP contribution is 2.29. The highest BCUT2D eigenvalue weighted by atomic mass is 19.1. The van der Waals surface area contributed by atoms with Crippen molar-refractivity contribution in [2.45, 2.75) is 45.6 Å². The molecule has 106 valence electrons. The molecule has 0 aliphatic carbocycles. The molecular formula is C16H25FN2. The van der Waals surface area contributed by atoms with E-state index in [2.05, 4.69) is 18.7 Å². The lowest BCUT2D eigenvalue weighted by Crippen LogP contribution is -2.36. The summed E-state index contributed by atoms with van der Waals surface area (Å²) in [6.45, 7) is 6.23. The topological polar surface area (TPSA) is 29.3 Å². The molecule has 1 aromatic carbocycles. The van der Waals surface area contributed by atoms with Crippen molar-refractivity contribution in [1.82, 2.24) is 0 Å². The number of nitrogens with zero attached hydrogens (tertiary/aromatic N) is 1. The van der Waals surface area contributed by atoms with E-state index in [0.717, 1.165) is 43.6 Å². The van der Waals surface area contributed by atoms with Crippen molar-refractivity contribution < 1.29 is 4.39 Å². The zero-order valence-corrected chi connectivity index (χ0v) is 12.0. The Labute approximate surface area is 115 Å². The molecule has 0 amide bonds. The van der Waals surface area contributed by atoms with E-state index in [1.54, 1.807) is 12.1 Å². The summed E-state index contributed by atoms with van der Waals surface area (Å²) in [6, 6.07) is 5.50. The zero-order valence-electron chi connectivity index (χ0n) is 12.0. The minimum atomic E-state index is -0.102. The average molecular weight is 264 g/mol. The smallest absolute Gasteiger partial charge is 0.146 e. The van der Waals surface area contributed by atoms with Crippen molar-refractivity contribution in [3.63, 3.8) is 0 Å². The lowest BCUT2D eigenvalue weighted by Gasteiger charge is -2.34. The molecule has 1 saturated heterocycles. The second kappa shape index (κ2) is 6.38. The fourth-order valence-corrected chi connectivity index (χ4v) is 2.90. The Kier molecular flexibility index (Phi) is 4.81. The Morgan fingerprint density at radius 2 is 2.26 bits per heavy atom. The Bertz CT molecular complexity index is 419. The maximum Gasteiger partial charge on any atom is 0.146 e. The van der Waals surface area contributed by atoms with Gasteiger partial charge < -0.3 is 10.6 Å². The van der Waals surface area contributed by atoms with Crippen LogP contribution in [0.25, 0.3) is 0 Å². The number of rotatable bonds is 4. The van der Waals surface area contributed by atoms with Gasteiger partial charge in [-0.2, -0.15) is 0 Å². The Balaban J connectivity index is 2.26. The summed E-state index contributed by atoms with van der Waals surface area (Å²) in [5, 5.41) is 0. The van der Waals surface area contributed by atoms with Crippen LogP contribution in [0.3, 0.4) is 0 Å². The SMILES string of the molecule is CCC(N)Cc1cccc(F)c1N1CCCC(C)C1. The number of para-hydroxylation sites is 1. The normalized spacial score (nSPS) is 21.5. The van der Waals surface area contributed by atoms with Gasteiger partial charge in [0.1, 0.15) is 5.82 Å². The first-order valence-electron chi connectivity index (χ1n) is 7.39. The highest BCUT2D eigenvalue weighted by Gasteiger charge is 2.22. The highest BCUT2D eigenvalue weighted by molar-refractivity contribution is 5.55. The van der Waals surface area contributed by atoms with E-state index in [-0.39, 0.29) is 11.9 Å². The fraction of sp³-hybridized carbons (Fsp3) is 0.625. The standard InChI is InChI=1S/C16H25FN2/c1-3-14(18)10-13-7-4-8-15(17)16(13)19-9-5-6-12(2)11-19/h4,7-8,12,14H,3,5-6,9-11,18H2,1-2H3. The first-order chi connectivity index (χ1) is 9.11. The lowest BCUT2D eigenvalue weighted by atomic mass is 9.96. The molecule has 2 nitrogen and oxygen atoms in total. The van der Waals surface area contributed by atoms with Gasteiger partial charge in [0.25, 0.3) is 0 Å². The Hall–Kier alpha value is -1.09. The van der Waals surface area contributed by atoms with Crippen LogP contribution in [0.4, 0.5) is 10.1 Å². The first-order valence-corrected chi connectivity index (χ1v) is 7.39. The third-order valence-corrected chi connectivity index (χ3v) is 4.05. The molecule has 1 aliphatic heterocycles. The molecule has 1 heterocycles. The number of benzene rings is 1. The molecule has 0 bridgehead atoms. The summed E-state index contributed by atoms with van der Waals surface area (Å²) in [7, 11) is 0. The van der Waals surface area contributed by atoms with Crippen LogP contribution < -0.4 is 10.6 Å². The van der Waals surface area contributed by atoms with Gasteiger partial charge in [0.05, 0.1) is 5.69 Å². The molecule has 2 rings (SSSR count). The molecule has 2 unspecified atom stereocenters. The molecule has 0 radical (unpaired) electrons. The van der Waals surface area contributed by atoms with E-state index in [4.69, 9.17) is 5.73 Å². The van der Waals surface area contributed by atoms with Gasteiger partial charge in [0, 0.05) is 19.1 Å². The molecule has 0 spiro atoms. The minimum Gasteiger partial charge on any atom is -0.369 e. The molecule has 1 aliphatic rings. The van der Waals surface area contributed by atoms with Crippen LogP contribution in [0.5, 0.6) is 0 Å². The number of halogens is 1. The number of piperidine rings is 1. The van der Waals surface area contributed by atoms with Gasteiger partial charge in [0.2, 0.25) is 0 Å². The lowest BCUT2D eigenvalue weighted by molar-refractivity contribution is 0.441. The van der Waals surface area contributed by atoms with E-state index < -0.39 is 0 Å². The summed E-state index contributed by atoms with van der Waals surface area (Å²) in [6.07, 6.45) is 4.07. The summed E-state index contributed by atoms with van der Waals surface area (Å²) in [4.78, 5) is 2.21.